The van der Waals surface area contributed by atoms with E-state index >= 15 is 0 Å². The Bertz CT molecular complexity index is 907. The summed E-state index contributed by atoms with van der Waals surface area (Å²) in [7, 11) is 0. The van der Waals surface area contributed by atoms with Crippen molar-refractivity contribution in [1.29, 1.82) is 0 Å². The highest BCUT2D eigenvalue weighted by molar-refractivity contribution is 5.93. The molecule has 0 aromatic carbocycles. The fraction of sp³-hybridized carbons (Fsp3) is 0.400. The van der Waals surface area contributed by atoms with Crippen molar-refractivity contribution in [2.24, 2.45) is 4.99 Å². The van der Waals surface area contributed by atoms with Crippen LogP contribution in [0.2, 0.25) is 0 Å². The minimum Gasteiger partial charge on any atom is -0.394 e. The first-order valence-electron chi connectivity index (χ1n) is 7.46. The standard InChI is InChI=1S/C15H16N4O5/c1-15(23)12(22)9(5-20)24-13(15)8-4-7-2-3-10(21)18-14-11(7)19(8)17-6-16-14/h2-4,6,9,12-13,20,22-23H,5H2,1H3,(H,16,17,18,21)/t9-,12-,13+,15-/m1/s1. The molecule has 2 aromatic rings. The van der Waals surface area contributed by atoms with E-state index < -0.39 is 36.1 Å². The molecule has 0 saturated carbocycles. The third-order valence-electron chi connectivity index (χ3n) is 4.51. The van der Waals surface area contributed by atoms with Crippen LogP contribution in [-0.4, -0.2) is 55.7 Å². The Morgan fingerprint density at radius 3 is 2.96 bits per heavy atom. The summed E-state index contributed by atoms with van der Waals surface area (Å²) in [5.41, 5.74) is 2.00. The molecule has 0 amide bonds. The second-order valence-electron chi connectivity index (χ2n) is 6.11. The number of nitrogens with zero attached hydrogens (tertiary/aromatic N) is 3. The molecule has 2 aliphatic rings. The predicted octanol–water partition coefficient (Wildman–Crippen LogP) is -0.843. The van der Waals surface area contributed by atoms with Crippen LogP contribution in [0.5, 0.6) is 0 Å². The van der Waals surface area contributed by atoms with Crippen LogP contribution in [0.4, 0.5) is 5.82 Å². The summed E-state index contributed by atoms with van der Waals surface area (Å²) < 4.78 is 7.28. The van der Waals surface area contributed by atoms with Crippen LogP contribution in [0.25, 0.3) is 10.9 Å². The van der Waals surface area contributed by atoms with Crippen LogP contribution < -0.4 is 11.0 Å². The topological polar surface area (TPSA) is 129 Å². The Hall–Kier alpha value is -2.33. The highest BCUT2D eigenvalue weighted by Gasteiger charge is 2.53. The first-order valence-corrected chi connectivity index (χ1v) is 7.46. The number of hydrogen-bond acceptors (Lipinski definition) is 8. The fourth-order valence-electron chi connectivity index (χ4n) is 3.26. The lowest BCUT2D eigenvalue weighted by atomic mass is 9.91. The third-order valence-corrected chi connectivity index (χ3v) is 4.51. The lowest BCUT2D eigenvalue weighted by Crippen LogP contribution is -2.43. The molecule has 4 N–H and O–H groups in total. The van der Waals surface area contributed by atoms with E-state index in [0.717, 1.165) is 0 Å². The molecule has 126 valence electrons. The highest BCUT2D eigenvalue weighted by atomic mass is 16.6. The number of aliphatic hydroxyl groups excluding tert-OH is 2. The zero-order valence-electron chi connectivity index (χ0n) is 12.7. The lowest BCUT2D eigenvalue weighted by molar-refractivity contribution is -0.0665. The van der Waals surface area contributed by atoms with Crippen LogP contribution in [-0.2, 0) is 4.74 Å². The summed E-state index contributed by atoms with van der Waals surface area (Å²) in [5.74, 6) is 0.252. The number of aliphatic hydroxyl groups is 3. The Morgan fingerprint density at radius 1 is 1.46 bits per heavy atom. The average Bonchev–Trinajstić information content (AvgIpc) is 2.95. The number of rotatable bonds is 2. The van der Waals surface area contributed by atoms with Gasteiger partial charge < -0.3 is 20.1 Å². The van der Waals surface area contributed by atoms with Gasteiger partial charge >= 0.3 is 0 Å². The van der Waals surface area contributed by atoms with Crippen molar-refractivity contribution in [3.63, 3.8) is 0 Å². The molecule has 4 heterocycles. The lowest BCUT2D eigenvalue weighted by Gasteiger charge is -2.27. The highest BCUT2D eigenvalue weighted by Crippen LogP contribution is 2.43. The van der Waals surface area contributed by atoms with Crippen LogP contribution in [0.1, 0.15) is 18.7 Å². The maximum Gasteiger partial charge on any atom is 0.271 e. The van der Waals surface area contributed by atoms with Gasteiger partial charge in [0.1, 0.15) is 35.8 Å². The summed E-state index contributed by atoms with van der Waals surface area (Å²) in [6, 6.07) is 4.67. The zero-order chi connectivity index (χ0) is 17.1. The van der Waals surface area contributed by atoms with E-state index in [2.05, 4.69) is 15.4 Å². The summed E-state index contributed by atoms with van der Waals surface area (Å²) in [5, 5.41) is 30.9. The molecule has 4 rings (SSSR count). The van der Waals surface area contributed by atoms with Gasteiger partial charge in [-0.25, -0.2) is 4.99 Å². The van der Waals surface area contributed by atoms with Gasteiger partial charge in [-0.05, 0) is 19.1 Å². The average molecular weight is 332 g/mol. The largest absolute Gasteiger partial charge is 0.394 e. The summed E-state index contributed by atoms with van der Waals surface area (Å²) >= 11 is 0. The van der Waals surface area contributed by atoms with Gasteiger partial charge in [0.2, 0.25) is 0 Å². The minimum atomic E-state index is -1.60. The fourth-order valence-corrected chi connectivity index (χ4v) is 3.26. The molecule has 24 heavy (non-hydrogen) atoms. The molecule has 9 nitrogen and oxygen atoms in total. The van der Waals surface area contributed by atoms with Crippen molar-refractivity contribution < 1.29 is 20.1 Å². The van der Waals surface area contributed by atoms with E-state index in [9.17, 15) is 20.1 Å². The van der Waals surface area contributed by atoms with E-state index in [1.807, 2.05) is 0 Å². The molecule has 9 heteroatoms. The molecule has 0 bridgehead atoms. The maximum absolute atomic E-state index is 11.6. The number of ether oxygens (including phenoxy) is 1. The SMILES string of the molecule is C[C@@]1(O)[C@H](O)[C@@H](CO)O[C@H]1c1cc2ccc(=O)nc3c2n1NC=N3. The molecule has 1 fully saturated rings. The van der Waals surface area contributed by atoms with E-state index in [1.54, 1.807) is 16.8 Å². The van der Waals surface area contributed by atoms with Gasteiger partial charge in [-0.3, -0.25) is 14.9 Å². The Morgan fingerprint density at radius 2 is 2.25 bits per heavy atom. The van der Waals surface area contributed by atoms with Crippen molar-refractivity contribution >= 4 is 23.1 Å². The summed E-state index contributed by atoms with van der Waals surface area (Å²) in [6.07, 6.45) is -1.64. The Labute approximate surface area is 135 Å². The molecule has 4 atom stereocenters. The minimum absolute atomic E-state index is 0.252. The monoisotopic (exact) mass is 332 g/mol. The van der Waals surface area contributed by atoms with Crippen molar-refractivity contribution in [2.45, 2.75) is 30.8 Å². The smallest absolute Gasteiger partial charge is 0.271 e. The molecule has 1 saturated heterocycles. The number of aromatic nitrogens is 2. The third kappa shape index (κ3) is 1.99. The predicted molar refractivity (Wildman–Crippen MR) is 84.8 cm³/mol. The van der Waals surface area contributed by atoms with Crippen molar-refractivity contribution in [3.05, 3.63) is 34.2 Å². The number of nitrogens with one attached hydrogen (secondary N) is 1. The molecule has 0 spiro atoms. The second-order valence-corrected chi connectivity index (χ2v) is 6.11. The second kappa shape index (κ2) is 5.08. The van der Waals surface area contributed by atoms with Crippen molar-refractivity contribution in [3.8, 4) is 0 Å². The van der Waals surface area contributed by atoms with E-state index in [0.29, 0.717) is 16.6 Å². The molecule has 2 aliphatic heterocycles. The van der Waals surface area contributed by atoms with Crippen LogP contribution in [0.15, 0.2) is 28.0 Å². The Kier molecular flexibility index (Phi) is 3.22. The summed E-state index contributed by atoms with van der Waals surface area (Å²) in [4.78, 5) is 19.6. The number of aliphatic imine (C=N–C) groups is 1. The van der Waals surface area contributed by atoms with Gasteiger partial charge in [-0.2, -0.15) is 4.98 Å². The van der Waals surface area contributed by atoms with Crippen LogP contribution in [0, 0.1) is 0 Å². The van der Waals surface area contributed by atoms with Crippen molar-refractivity contribution in [1.82, 2.24) is 9.66 Å². The van der Waals surface area contributed by atoms with Crippen LogP contribution in [0.3, 0.4) is 0 Å². The molecule has 0 radical (unpaired) electrons. The summed E-state index contributed by atoms with van der Waals surface area (Å²) in [6.45, 7) is 1.04. The van der Waals surface area contributed by atoms with Crippen molar-refractivity contribution in [2.75, 3.05) is 12.0 Å². The van der Waals surface area contributed by atoms with Gasteiger partial charge in [0.15, 0.2) is 5.82 Å². The normalized spacial score (nSPS) is 31.4. The quantitative estimate of drug-likeness (QED) is 0.564. The van der Waals surface area contributed by atoms with Gasteiger partial charge in [-0.15, -0.1) is 0 Å². The molecule has 2 aromatic heterocycles. The Balaban J connectivity index is 1.93. The maximum atomic E-state index is 11.6. The van der Waals surface area contributed by atoms with Gasteiger partial charge in [0.05, 0.1) is 12.3 Å². The molecule has 0 unspecified atom stereocenters. The van der Waals surface area contributed by atoms with Gasteiger partial charge in [0.25, 0.3) is 5.56 Å². The molecule has 0 aliphatic carbocycles. The molecular weight excluding hydrogens is 316 g/mol. The number of hydrogen-bond donors (Lipinski definition) is 4. The van der Waals surface area contributed by atoms with Gasteiger partial charge in [-0.1, -0.05) is 0 Å². The van der Waals surface area contributed by atoms with E-state index in [4.69, 9.17) is 4.74 Å². The molecular formula is C15H16N4O5. The van der Waals surface area contributed by atoms with E-state index in [1.165, 1.54) is 19.3 Å². The zero-order valence-corrected chi connectivity index (χ0v) is 12.7. The first kappa shape index (κ1) is 15.2. The first-order chi connectivity index (χ1) is 11.4. The van der Waals surface area contributed by atoms with Gasteiger partial charge in [0, 0.05) is 11.5 Å². The van der Waals surface area contributed by atoms with E-state index in [-0.39, 0.29) is 5.82 Å². The van der Waals surface area contributed by atoms with Crippen LogP contribution >= 0.6 is 0 Å².